The van der Waals surface area contributed by atoms with Crippen LogP contribution in [0, 0.1) is 0 Å². The van der Waals surface area contributed by atoms with Gasteiger partial charge in [-0.15, -0.1) is 12.4 Å². The van der Waals surface area contributed by atoms with Crippen molar-refractivity contribution in [1.29, 1.82) is 0 Å². The molecule has 2 aromatic carbocycles. The van der Waals surface area contributed by atoms with Gasteiger partial charge in [-0.2, -0.15) is 0 Å². The number of ether oxygens (including phenoxy) is 1. The second kappa shape index (κ2) is 11.9. The summed E-state index contributed by atoms with van der Waals surface area (Å²) in [5.74, 6) is 0.461. The first kappa shape index (κ1) is 23.3. The van der Waals surface area contributed by atoms with Gasteiger partial charge in [0.1, 0.15) is 5.75 Å². The van der Waals surface area contributed by atoms with Crippen LogP contribution in [0.4, 0.5) is 0 Å². The van der Waals surface area contributed by atoms with Crippen LogP contribution in [0.2, 0.25) is 5.02 Å². The van der Waals surface area contributed by atoms with E-state index in [9.17, 15) is 4.79 Å². The van der Waals surface area contributed by atoms with Gasteiger partial charge >= 0.3 is 0 Å². The quantitative estimate of drug-likeness (QED) is 0.633. The summed E-state index contributed by atoms with van der Waals surface area (Å²) in [6.45, 7) is 8.87. The normalized spacial score (nSPS) is 11.6. The SMILES string of the molecule is CCOc1ccccc1C(=O)NCC(c1ccccc1Cl)N(CC)CC.Cl. The van der Waals surface area contributed by atoms with E-state index in [0.717, 1.165) is 18.7 Å². The summed E-state index contributed by atoms with van der Waals surface area (Å²) >= 11 is 6.42. The zero-order valence-electron chi connectivity index (χ0n) is 16.1. The Hall–Kier alpha value is -1.75. The fraction of sp³-hybridized carbons (Fsp3) is 0.381. The van der Waals surface area contributed by atoms with Crippen molar-refractivity contribution < 1.29 is 9.53 Å². The molecule has 0 heterocycles. The van der Waals surface area contributed by atoms with E-state index in [1.807, 2.05) is 49.4 Å². The summed E-state index contributed by atoms with van der Waals surface area (Å²) in [6.07, 6.45) is 0. The van der Waals surface area contributed by atoms with Gasteiger partial charge in [-0.3, -0.25) is 9.69 Å². The van der Waals surface area contributed by atoms with Gasteiger partial charge in [-0.1, -0.05) is 55.8 Å². The van der Waals surface area contributed by atoms with Gasteiger partial charge in [-0.25, -0.2) is 0 Å². The van der Waals surface area contributed by atoms with Crippen molar-refractivity contribution in [2.24, 2.45) is 0 Å². The van der Waals surface area contributed by atoms with Crippen LogP contribution >= 0.6 is 24.0 Å². The minimum atomic E-state index is -0.141. The molecule has 1 amide bonds. The number of carbonyl (C=O) groups is 1. The van der Waals surface area contributed by atoms with Crippen LogP contribution < -0.4 is 10.1 Å². The van der Waals surface area contributed by atoms with Crippen molar-refractivity contribution >= 4 is 29.9 Å². The lowest BCUT2D eigenvalue weighted by molar-refractivity contribution is 0.0931. The molecular formula is C21H28Cl2N2O2. The zero-order chi connectivity index (χ0) is 18.9. The van der Waals surface area contributed by atoms with Crippen molar-refractivity contribution in [2.75, 3.05) is 26.2 Å². The number of rotatable bonds is 9. The Morgan fingerprint density at radius 2 is 1.70 bits per heavy atom. The number of hydrogen-bond acceptors (Lipinski definition) is 3. The number of hydrogen-bond donors (Lipinski definition) is 1. The zero-order valence-corrected chi connectivity index (χ0v) is 17.6. The molecule has 0 aliphatic carbocycles. The maximum atomic E-state index is 12.7. The molecule has 4 nitrogen and oxygen atoms in total. The molecule has 0 bridgehead atoms. The third-order valence-electron chi connectivity index (χ3n) is 4.40. The summed E-state index contributed by atoms with van der Waals surface area (Å²) in [6, 6.07) is 15.1. The van der Waals surface area contributed by atoms with Gasteiger partial charge in [0.15, 0.2) is 0 Å². The minimum Gasteiger partial charge on any atom is -0.493 e. The average Bonchev–Trinajstić information content (AvgIpc) is 2.66. The van der Waals surface area contributed by atoms with E-state index >= 15 is 0 Å². The summed E-state index contributed by atoms with van der Waals surface area (Å²) < 4.78 is 5.57. The Kier molecular flexibility index (Phi) is 10.2. The predicted octanol–water partition coefficient (Wildman–Crippen LogP) is 4.97. The third kappa shape index (κ3) is 6.13. The molecule has 0 aliphatic heterocycles. The van der Waals surface area contributed by atoms with Crippen molar-refractivity contribution in [3.8, 4) is 5.75 Å². The van der Waals surface area contributed by atoms with Crippen LogP contribution in [0.5, 0.6) is 5.75 Å². The first-order chi connectivity index (χ1) is 12.6. The van der Waals surface area contributed by atoms with Gasteiger partial charge in [0, 0.05) is 11.6 Å². The third-order valence-corrected chi connectivity index (χ3v) is 4.75. The monoisotopic (exact) mass is 410 g/mol. The highest BCUT2D eigenvalue weighted by Gasteiger charge is 2.22. The molecule has 2 rings (SSSR count). The van der Waals surface area contributed by atoms with E-state index in [4.69, 9.17) is 16.3 Å². The molecule has 0 aromatic heterocycles. The van der Waals surface area contributed by atoms with Crippen molar-refractivity contribution in [2.45, 2.75) is 26.8 Å². The molecule has 0 fully saturated rings. The first-order valence-electron chi connectivity index (χ1n) is 9.10. The lowest BCUT2D eigenvalue weighted by Gasteiger charge is -2.31. The number of benzene rings is 2. The molecule has 0 radical (unpaired) electrons. The van der Waals surface area contributed by atoms with Gasteiger partial charge in [0.25, 0.3) is 5.91 Å². The molecule has 6 heteroatoms. The Morgan fingerprint density at radius 3 is 2.33 bits per heavy atom. The molecule has 1 unspecified atom stereocenters. The van der Waals surface area contributed by atoms with Gasteiger partial charge in [-0.05, 0) is 43.8 Å². The van der Waals surface area contributed by atoms with Crippen LogP contribution in [0.15, 0.2) is 48.5 Å². The highest BCUT2D eigenvalue weighted by Crippen LogP contribution is 2.27. The van der Waals surface area contributed by atoms with Crippen LogP contribution in [0.3, 0.4) is 0 Å². The van der Waals surface area contributed by atoms with E-state index in [2.05, 4.69) is 24.1 Å². The predicted molar refractivity (Wildman–Crippen MR) is 114 cm³/mol. The van der Waals surface area contributed by atoms with Crippen molar-refractivity contribution in [3.05, 3.63) is 64.7 Å². The maximum absolute atomic E-state index is 12.7. The number of likely N-dealkylation sites (N-methyl/N-ethyl adjacent to an activating group) is 1. The number of carbonyl (C=O) groups excluding carboxylic acids is 1. The molecule has 27 heavy (non-hydrogen) atoms. The number of nitrogens with zero attached hydrogens (tertiary/aromatic N) is 1. The van der Waals surface area contributed by atoms with E-state index < -0.39 is 0 Å². The lowest BCUT2D eigenvalue weighted by Crippen LogP contribution is -2.38. The molecule has 2 aromatic rings. The summed E-state index contributed by atoms with van der Waals surface area (Å²) in [7, 11) is 0. The number of para-hydroxylation sites is 1. The Bertz CT molecular complexity index is 721. The standard InChI is InChI=1S/C21H27ClN2O2.ClH/c1-4-24(5-2)19(16-11-7-9-13-18(16)22)15-23-21(25)17-12-8-10-14-20(17)26-6-3;/h7-14,19H,4-6,15H2,1-3H3,(H,23,25);1H. The summed E-state index contributed by atoms with van der Waals surface area (Å²) in [4.78, 5) is 15.0. The number of nitrogens with one attached hydrogen (secondary N) is 1. The topological polar surface area (TPSA) is 41.6 Å². The van der Waals surface area contributed by atoms with Crippen molar-refractivity contribution in [3.63, 3.8) is 0 Å². The van der Waals surface area contributed by atoms with Crippen LogP contribution in [-0.4, -0.2) is 37.0 Å². The second-order valence-corrected chi connectivity index (χ2v) is 6.30. The molecule has 1 atom stereocenters. The molecule has 0 spiro atoms. The minimum absolute atomic E-state index is 0. The highest BCUT2D eigenvalue weighted by atomic mass is 35.5. The van der Waals surface area contributed by atoms with Gasteiger partial charge in [0.2, 0.25) is 0 Å². The average molecular weight is 411 g/mol. The molecular weight excluding hydrogens is 383 g/mol. The van der Waals surface area contributed by atoms with E-state index in [1.165, 1.54) is 0 Å². The molecule has 1 N–H and O–H groups in total. The van der Waals surface area contributed by atoms with Gasteiger partial charge < -0.3 is 10.1 Å². The van der Waals surface area contributed by atoms with Crippen LogP contribution in [0.25, 0.3) is 0 Å². The van der Waals surface area contributed by atoms with Crippen molar-refractivity contribution in [1.82, 2.24) is 10.2 Å². The van der Waals surface area contributed by atoms with E-state index in [0.29, 0.717) is 29.5 Å². The first-order valence-corrected chi connectivity index (χ1v) is 9.48. The Morgan fingerprint density at radius 1 is 1.07 bits per heavy atom. The highest BCUT2D eigenvalue weighted by molar-refractivity contribution is 6.31. The molecule has 0 saturated heterocycles. The molecule has 0 aliphatic rings. The fourth-order valence-corrected chi connectivity index (χ4v) is 3.33. The molecule has 0 saturated carbocycles. The lowest BCUT2D eigenvalue weighted by atomic mass is 10.0. The largest absolute Gasteiger partial charge is 0.493 e. The smallest absolute Gasteiger partial charge is 0.255 e. The van der Waals surface area contributed by atoms with E-state index in [-0.39, 0.29) is 24.4 Å². The molecule has 148 valence electrons. The number of amides is 1. The number of halogens is 2. The van der Waals surface area contributed by atoms with Crippen LogP contribution in [-0.2, 0) is 0 Å². The summed E-state index contributed by atoms with van der Waals surface area (Å²) in [5, 5.41) is 3.77. The van der Waals surface area contributed by atoms with Crippen LogP contribution in [0.1, 0.15) is 42.7 Å². The second-order valence-electron chi connectivity index (χ2n) is 5.90. The Balaban J connectivity index is 0.00000364. The fourth-order valence-electron chi connectivity index (χ4n) is 3.07. The maximum Gasteiger partial charge on any atom is 0.255 e. The Labute approximate surface area is 173 Å². The van der Waals surface area contributed by atoms with E-state index in [1.54, 1.807) is 6.07 Å². The summed E-state index contributed by atoms with van der Waals surface area (Å²) in [5.41, 5.74) is 1.57. The van der Waals surface area contributed by atoms with Gasteiger partial charge in [0.05, 0.1) is 18.2 Å².